The normalized spacial score (nSPS) is 30.2. The van der Waals surface area contributed by atoms with Gasteiger partial charge in [0.15, 0.2) is 11.5 Å². The van der Waals surface area contributed by atoms with E-state index in [-0.39, 0.29) is 39.6 Å². The van der Waals surface area contributed by atoms with Gasteiger partial charge in [0.2, 0.25) is 11.0 Å². The maximum atomic E-state index is 12.9. The third kappa shape index (κ3) is 3.75. The van der Waals surface area contributed by atoms with Crippen LogP contribution in [-0.2, 0) is 20.8 Å². The minimum Gasteiger partial charge on any atom is -0.504 e. The molecule has 4 rings (SSSR count). The first-order valence-corrected chi connectivity index (χ1v) is 12.3. The Kier molecular flexibility index (Phi) is 6.07. The van der Waals surface area contributed by atoms with Gasteiger partial charge < -0.3 is 15.5 Å². The van der Waals surface area contributed by atoms with Gasteiger partial charge in [-0.1, -0.05) is 6.92 Å². The lowest BCUT2D eigenvalue weighted by molar-refractivity contribution is -0.129. The van der Waals surface area contributed by atoms with E-state index in [9.17, 15) is 24.6 Å². The molecule has 5 atom stereocenters. The van der Waals surface area contributed by atoms with Crippen LogP contribution in [0.3, 0.4) is 0 Å². The lowest BCUT2D eigenvalue weighted by Gasteiger charge is -2.48. The molecular weight excluding hydrogens is 434 g/mol. The van der Waals surface area contributed by atoms with Gasteiger partial charge in [0.1, 0.15) is 11.8 Å². The van der Waals surface area contributed by atoms with Crippen molar-refractivity contribution in [3.63, 3.8) is 0 Å². The average Bonchev–Trinajstić information content (AvgIpc) is 3.03. The maximum Gasteiger partial charge on any atom is 0.217 e. The van der Waals surface area contributed by atoms with Crippen LogP contribution in [0, 0.1) is 17.3 Å². The van der Waals surface area contributed by atoms with Crippen LogP contribution < -0.4 is 5.32 Å². The number of hydrogen-bond acceptors (Lipinski definition) is 7. The van der Waals surface area contributed by atoms with Crippen LogP contribution in [0.4, 0.5) is 0 Å². The molecule has 0 radical (unpaired) electrons. The molecule has 168 valence electrons. The molecule has 0 saturated heterocycles. The number of phenolic OH excluding ortho intramolecular Hbond substituents is 2. The second-order valence-corrected chi connectivity index (χ2v) is 10.7. The molecule has 2 fully saturated rings. The summed E-state index contributed by atoms with van der Waals surface area (Å²) in [5.74, 6) is 0.458. The number of phenols is 2. The van der Waals surface area contributed by atoms with Crippen molar-refractivity contribution in [2.24, 2.45) is 17.3 Å². The van der Waals surface area contributed by atoms with E-state index >= 15 is 0 Å². The van der Waals surface area contributed by atoms with E-state index < -0.39 is 6.04 Å². The van der Waals surface area contributed by atoms with Gasteiger partial charge in [0, 0.05) is 24.5 Å². The Balaban J connectivity index is 1.71. The zero-order valence-corrected chi connectivity index (χ0v) is 19.5. The second kappa shape index (κ2) is 8.35. The number of benzene rings is 1. The van der Waals surface area contributed by atoms with Crippen LogP contribution in [0.2, 0.25) is 0 Å². The topological polar surface area (TPSA) is 104 Å². The molecule has 0 spiro atoms. The van der Waals surface area contributed by atoms with Gasteiger partial charge in [0.25, 0.3) is 0 Å². The van der Waals surface area contributed by atoms with Gasteiger partial charge in [-0.2, -0.15) is 12.6 Å². The van der Waals surface area contributed by atoms with Gasteiger partial charge in [0.05, 0.1) is 4.90 Å². The largest absolute Gasteiger partial charge is 0.504 e. The molecule has 0 unspecified atom stereocenters. The second-order valence-electron chi connectivity index (χ2n) is 9.34. The van der Waals surface area contributed by atoms with Crippen LogP contribution in [0.25, 0.3) is 0 Å². The zero-order valence-electron chi connectivity index (χ0n) is 17.8. The molecular formula is C23H29NO5S2. The smallest absolute Gasteiger partial charge is 0.217 e. The lowest BCUT2D eigenvalue weighted by atomic mass is 9.55. The molecule has 0 heterocycles. The zero-order chi connectivity index (χ0) is 22.5. The lowest BCUT2D eigenvalue weighted by Crippen LogP contribution is -2.42. The predicted octanol–water partition coefficient (Wildman–Crippen LogP) is 3.58. The van der Waals surface area contributed by atoms with Crippen LogP contribution in [0.15, 0.2) is 11.0 Å². The molecule has 8 heteroatoms. The Morgan fingerprint density at radius 2 is 2.03 bits per heavy atom. The Morgan fingerprint density at radius 3 is 2.71 bits per heavy atom. The van der Waals surface area contributed by atoms with E-state index in [1.807, 2.05) is 0 Å². The van der Waals surface area contributed by atoms with Crippen molar-refractivity contribution in [3.8, 4) is 11.5 Å². The number of fused-ring (bicyclic) bond motifs is 5. The predicted molar refractivity (Wildman–Crippen MR) is 122 cm³/mol. The summed E-state index contributed by atoms with van der Waals surface area (Å²) >= 11 is 5.06. The van der Waals surface area contributed by atoms with Gasteiger partial charge >= 0.3 is 0 Å². The number of rotatable bonds is 4. The number of Topliss-reactive ketones (excluding diaryl/α,β-unsaturated/α-hetero) is 1. The van der Waals surface area contributed by atoms with Crippen LogP contribution in [-0.4, -0.2) is 38.8 Å². The third-order valence-corrected chi connectivity index (χ3v) is 9.14. The molecule has 3 aliphatic rings. The molecule has 0 aromatic heterocycles. The number of thiol groups is 1. The number of carbonyl (C=O) groups excluding carboxylic acids is 3. The minimum absolute atomic E-state index is 0.141. The van der Waals surface area contributed by atoms with Gasteiger partial charge in [-0.15, -0.1) is 0 Å². The minimum atomic E-state index is -0.787. The van der Waals surface area contributed by atoms with E-state index in [0.29, 0.717) is 28.9 Å². The van der Waals surface area contributed by atoms with Crippen LogP contribution in [0.1, 0.15) is 63.0 Å². The number of hydrogen-bond donors (Lipinski definition) is 4. The van der Waals surface area contributed by atoms with Gasteiger partial charge in [-0.25, -0.2) is 0 Å². The summed E-state index contributed by atoms with van der Waals surface area (Å²) in [7, 11) is 0. The first-order valence-electron chi connectivity index (χ1n) is 10.9. The average molecular weight is 464 g/mol. The number of aromatic hydroxyl groups is 2. The third-order valence-electron chi connectivity index (χ3n) is 7.67. The van der Waals surface area contributed by atoms with Crippen molar-refractivity contribution >= 4 is 41.2 Å². The van der Waals surface area contributed by atoms with E-state index in [1.54, 1.807) is 6.07 Å². The van der Waals surface area contributed by atoms with Crippen molar-refractivity contribution in [2.75, 3.05) is 5.75 Å². The molecule has 0 bridgehead atoms. The summed E-state index contributed by atoms with van der Waals surface area (Å²) in [5.41, 5.74) is 1.64. The molecule has 0 aliphatic heterocycles. The van der Waals surface area contributed by atoms with Crippen LogP contribution >= 0.6 is 24.4 Å². The molecule has 2 saturated carbocycles. The summed E-state index contributed by atoms with van der Waals surface area (Å²) in [6, 6.07) is 0.831. The molecule has 3 N–H and O–H groups in total. The summed E-state index contributed by atoms with van der Waals surface area (Å²) in [6.07, 6.45) is 4.86. The summed E-state index contributed by atoms with van der Waals surface area (Å²) in [6.45, 7) is 3.45. The summed E-state index contributed by atoms with van der Waals surface area (Å²) < 4.78 is 0. The van der Waals surface area contributed by atoms with Crippen molar-refractivity contribution in [3.05, 3.63) is 17.2 Å². The number of thioether (sulfide) groups is 1. The number of amides is 1. The highest BCUT2D eigenvalue weighted by Crippen LogP contribution is 2.61. The quantitative estimate of drug-likeness (QED) is 0.309. The molecule has 3 aliphatic carbocycles. The van der Waals surface area contributed by atoms with E-state index in [4.69, 9.17) is 0 Å². The number of carbonyl (C=O) groups is 3. The first kappa shape index (κ1) is 22.5. The highest BCUT2D eigenvalue weighted by molar-refractivity contribution is 8.14. The molecule has 6 nitrogen and oxygen atoms in total. The van der Waals surface area contributed by atoms with E-state index in [0.717, 1.165) is 55.0 Å². The standard InChI is InChI=1S/C23H29NO5S2/c1-11(25)24-16(10-30)22(29)31-21-19-12(9-17(26)20(21)28)3-4-13-14(19)7-8-23(2)15(13)5-6-18(23)27/h9,13-16,26,28,30H,3-8,10H2,1-2H3,(H,24,25)/t13-,14+,15+,16+,23+/m1/s1. The highest BCUT2D eigenvalue weighted by atomic mass is 32.2. The molecule has 31 heavy (non-hydrogen) atoms. The molecule has 1 amide bonds. The Bertz CT molecular complexity index is 948. The van der Waals surface area contributed by atoms with Crippen molar-refractivity contribution in [1.82, 2.24) is 5.32 Å². The van der Waals surface area contributed by atoms with Crippen LogP contribution in [0.5, 0.6) is 11.5 Å². The van der Waals surface area contributed by atoms with E-state index in [1.165, 1.54) is 6.92 Å². The maximum absolute atomic E-state index is 12.9. The van der Waals surface area contributed by atoms with Gasteiger partial charge in [-0.3, -0.25) is 14.4 Å². The molecule has 1 aromatic rings. The Morgan fingerprint density at radius 1 is 1.29 bits per heavy atom. The highest BCUT2D eigenvalue weighted by Gasteiger charge is 2.55. The first-order chi connectivity index (χ1) is 14.7. The number of nitrogens with one attached hydrogen (secondary N) is 1. The fourth-order valence-corrected chi connectivity index (χ4v) is 7.62. The SMILES string of the molecule is CC(=O)N[C@@H](CS)C(=O)Sc1c(O)c(O)cc2c1[C@H]1CC[C@]3(C)C(=O)CC[C@H]3[C@@H]1CC2. The Labute approximate surface area is 192 Å². The fourth-order valence-electron chi connectivity index (χ4n) is 6.16. The fraction of sp³-hybridized carbons (Fsp3) is 0.609. The van der Waals surface area contributed by atoms with Crippen molar-refractivity contribution < 1.29 is 24.6 Å². The van der Waals surface area contributed by atoms with Crippen molar-refractivity contribution in [2.45, 2.75) is 69.2 Å². The summed E-state index contributed by atoms with van der Waals surface area (Å²) in [4.78, 5) is 37.4. The number of ketones is 1. The molecule has 1 aromatic carbocycles. The van der Waals surface area contributed by atoms with E-state index in [2.05, 4.69) is 24.9 Å². The monoisotopic (exact) mass is 463 g/mol. The Hall–Kier alpha value is -1.67. The summed E-state index contributed by atoms with van der Waals surface area (Å²) in [5, 5.41) is 23.3. The van der Waals surface area contributed by atoms with Crippen molar-refractivity contribution in [1.29, 1.82) is 0 Å². The number of aryl methyl sites for hydroxylation is 1. The van der Waals surface area contributed by atoms with Gasteiger partial charge in [-0.05, 0) is 78.8 Å².